The number of carbonyl (C=O) groups is 3. The van der Waals surface area contributed by atoms with Gasteiger partial charge in [0.2, 0.25) is 0 Å². The highest BCUT2D eigenvalue weighted by Gasteiger charge is 2.53. The van der Waals surface area contributed by atoms with E-state index in [1.807, 2.05) is 5.43 Å². The van der Waals surface area contributed by atoms with E-state index in [0.29, 0.717) is 5.56 Å². The zero-order chi connectivity index (χ0) is 19.1. The van der Waals surface area contributed by atoms with Gasteiger partial charge in [-0.1, -0.05) is 6.07 Å². The Morgan fingerprint density at radius 2 is 2.08 bits per heavy atom. The number of hydrogen-bond donors (Lipinski definition) is 3. The maximum atomic E-state index is 14.3. The summed E-state index contributed by atoms with van der Waals surface area (Å²) in [5.41, 5.74) is 7.91. The van der Waals surface area contributed by atoms with Gasteiger partial charge in [-0.05, 0) is 30.5 Å². The number of benzene rings is 1. The molecule has 3 amide bonds. The standard InChI is InChI=1S/C16H18F2N4O4/c17-16(18)5-1-2-11(12(16)26-15(19)25)22-7-9-4-3-8(13(23)21-20)6-10(9)14(22)24/h3-4,6,11-12H,1-2,5,7,20H2,(H2,19,25)(H,21,23)/t11-,12-/m1/s1. The molecule has 1 aliphatic carbocycles. The first-order chi connectivity index (χ1) is 12.2. The van der Waals surface area contributed by atoms with E-state index in [-0.39, 0.29) is 30.5 Å². The summed E-state index contributed by atoms with van der Waals surface area (Å²) in [7, 11) is 0. The number of hydrogen-bond acceptors (Lipinski definition) is 5. The Morgan fingerprint density at radius 1 is 1.35 bits per heavy atom. The van der Waals surface area contributed by atoms with Crippen LogP contribution in [0.2, 0.25) is 0 Å². The lowest BCUT2D eigenvalue weighted by atomic mass is 9.88. The summed E-state index contributed by atoms with van der Waals surface area (Å²) in [5.74, 6) is 0.726. The minimum Gasteiger partial charge on any atom is -0.438 e. The zero-order valence-electron chi connectivity index (χ0n) is 13.7. The number of nitrogens with one attached hydrogen (secondary N) is 1. The normalized spacial score (nSPS) is 24.1. The molecule has 0 saturated heterocycles. The second-order valence-electron chi connectivity index (χ2n) is 6.36. The number of alkyl halides is 2. The topological polar surface area (TPSA) is 128 Å². The molecule has 1 saturated carbocycles. The van der Waals surface area contributed by atoms with Crippen molar-refractivity contribution in [2.75, 3.05) is 0 Å². The van der Waals surface area contributed by atoms with Gasteiger partial charge in [-0.25, -0.2) is 19.4 Å². The first kappa shape index (κ1) is 18.1. The van der Waals surface area contributed by atoms with Gasteiger partial charge >= 0.3 is 6.09 Å². The van der Waals surface area contributed by atoms with Crippen LogP contribution in [0, 0.1) is 0 Å². The molecule has 140 valence electrons. The van der Waals surface area contributed by atoms with Crippen LogP contribution in [0.15, 0.2) is 18.2 Å². The highest BCUT2D eigenvalue weighted by Crippen LogP contribution is 2.40. The van der Waals surface area contributed by atoms with Crippen LogP contribution in [0.4, 0.5) is 13.6 Å². The highest BCUT2D eigenvalue weighted by molar-refractivity contribution is 6.02. The maximum Gasteiger partial charge on any atom is 0.405 e. The number of hydrazine groups is 1. The molecule has 0 unspecified atom stereocenters. The van der Waals surface area contributed by atoms with E-state index in [4.69, 9.17) is 11.6 Å². The van der Waals surface area contributed by atoms with Crippen molar-refractivity contribution in [1.82, 2.24) is 10.3 Å². The van der Waals surface area contributed by atoms with Gasteiger partial charge in [0, 0.05) is 24.1 Å². The van der Waals surface area contributed by atoms with Gasteiger partial charge in [0.15, 0.2) is 6.10 Å². The smallest absolute Gasteiger partial charge is 0.405 e. The predicted octanol–water partition coefficient (Wildman–Crippen LogP) is 0.898. The van der Waals surface area contributed by atoms with Crippen molar-refractivity contribution in [2.45, 2.75) is 43.9 Å². The van der Waals surface area contributed by atoms with Crippen LogP contribution in [-0.4, -0.2) is 40.9 Å². The Balaban J connectivity index is 1.90. The van der Waals surface area contributed by atoms with Gasteiger partial charge < -0.3 is 15.4 Å². The Hall–Kier alpha value is -2.75. The van der Waals surface area contributed by atoms with Gasteiger partial charge in [-0.3, -0.25) is 15.0 Å². The van der Waals surface area contributed by atoms with Gasteiger partial charge in [0.25, 0.3) is 17.7 Å². The minimum atomic E-state index is -3.28. The van der Waals surface area contributed by atoms with Crippen molar-refractivity contribution in [3.8, 4) is 0 Å². The highest BCUT2D eigenvalue weighted by atomic mass is 19.3. The summed E-state index contributed by atoms with van der Waals surface area (Å²) in [5, 5.41) is 0. The van der Waals surface area contributed by atoms with E-state index in [1.165, 1.54) is 17.0 Å². The number of amides is 3. The molecule has 1 fully saturated rings. The van der Waals surface area contributed by atoms with Gasteiger partial charge in [-0.15, -0.1) is 0 Å². The van der Waals surface area contributed by atoms with Crippen LogP contribution >= 0.6 is 0 Å². The van der Waals surface area contributed by atoms with E-state index >= 15 is 0 Å². The Kier molecular flexibility index (Phi) is 4.53. The molecule has 1 aromatic carbocycles. The third kappa shape index (κ3) is 3.07. The van der Waals surface area contributed by atoms with Crippen LogP contribution in [0.3, 0.4) is 0 Å². The van der Waals surface area contributed by atoms with E-state index in [2.05, 4.69) is 4.74 Å². The van der Waals surface area contributed by atoms with Crippen LogP contribution in [0.1, 0.15) is 45.5 Å². The molecule has 2 aliphatic rings. The third-order valence-electron chi connectivity index (χ3n) is 4.75. The van der Waals surface area contributed by atoms with E-state index in [1.54, 1.807) is 6.07 Å². The summed E-state index contributed by atoms with van der Waals surface area (Å²) in [6.45, 7) is 0.0814. The monoisotopic (exact) mass is 368 g/mol. The van der Waals surface area contributed by atoms with Crippen molar-refractivity contribution in [3.63, 3.8) is 0 Å². The van der Waals surface area contributed by atoms with Gasteiger partial charge in [0.1, 0.15) is 0 Å². The number of rotatable bonds is 3. The average molecular weight is 368 g/mol. The fraction of sp³-hybridized carbons (Fsp3) is 0.438. The molecule has 8 nitrogen and oxygen atoms in total. The van der Waals surface area contributed by atoms with Crippen molar-refractivity contribution < 1.29 is 27.9 Å². The molecule has 2 atom stereocenters. The number of nitrogens with two attached hydrogens (primary N) is 2. The SMILES string of the molecule is NNC(=O)c1ccc2c(c1)C(=O)N([C@@H]1CCCC(F)(F)[C@@H]1OC(N)=O)C2. The van der Waals surface area contributed by atoms with E-state index < -0.39 is 42.4 Å². The molecule has 0 bridgehead atoms. The van der Waals surface area contributed by atoms with Gasteiger partial charge in [-0.2, -0.15) is 0 Å². The summed E-state index contributed by atoms with van der Waals surface area (Å²) in [6, 6.07) is 3.43. The molecule has 1 aliphatic heterocycles. The minimum absolute atomic E-state index is 0.0814. The van der Waals surface area contributed by atoms with Crippen LogP contribution in [0.5, 0.6) is 0 Å². The third-order valence-corrected chi connectivity index (χ3v) is 4.75. The molecule has 3 rings (SSSR count). The first-order valence-corrected chi connectivity index (χ1v) is 8.03. The molecule has 0 spiro atoms. The van der Waals surface area contributed by atoms with Crippen molar-refractivity contribution in [1.29, 1.82) is 0 Å². The number of primary amides is 1. The average Bonchev–Trinajstić information content (AvgIpc) is 2.91. The van der Waals surface area contributed by atoms with Crippen LogP contribution in [-0.2, 0) is 11.3 Å². The van der Waals surface area contributed by atoms with Crippen LogP contribution < -0.4 is 17.0 Å². The molecular weight excluding hydrogens is 350 g/mol. The molecule has 0 aromatic heterocycles. The molecule has 5 N–H and O–H groups in total. The maximum absolute atomic E-state index is 14.3. The lowest BCUT2D eigenvalue weighted by Gasteiger charge is -2.41. The number of nitrogens with zero attached hydrogens (tertiary/aromatic N) is 1. The molecule has 26 heavy (non-hydrogen) atoms. The Morgan fingerprint density at radius 3 is 2.73 bits per heavy atom. The quantitative estimate of drug-likeness (QED) is 0.415. The fourth-order valence-electron chi connectivity index (χ4n) is 3.55. The van der Waals surface area contributed by atoms with Gasteiger partial charge in [0.05, 0.1) is 6.04 Å². The molecule has 1 heterocycles. The Bertz CT molecular complexity index is 771. The van der Waals surface area contributed by atoms with Crippen LogP contribution in [0.25, 0.3) is 0 Å². The molecular formula is C16H18F2N4O4. The van der Waals surface area contributed by atoms with E-state index in [9.17, 15) is 23.2 Å². The lowest BCUT2D eigenvalue weighted by Crippen LogP contribution is -2.56. The van der Waals surface area contributed by atoms with Crippen molar-refractivity contribution in [2.24, 2.45) is 11.6 Å². The summed E-state index contributed by atoms with van der Waals surface area (Å²) < 4.78 is 33.2. The first-order valence-electron chi connectivity index (χ1n) is 8.03. The molecule has 1 aromatic rings. The second kappa shape index (κ2) is 6.52. The zero-order valence-corrected chi connectivity index (χ0v) is 13.7. The summed E-state index contributed by atoms with van der Waals surface area (Å²) >= 11 is 0. The fourth-order valence-corrected chi connectivity index (χ4v) is 3.55. The number of nitrogen functional groups attached to an aromatic ring is 1. The largest absolute Gasteiger partial charge is 0.438 e. The number of carbonyl (C=O) groups excluding carboxylic acids is 3. The second-order valence-corrected chi connectivity index (χ2v) is 6.36. The molecule has 10 heteroatoms. The Labute approximate surface area is 147 Å². The van der Waals surface area contributed by atoms with Crippen molar-refractivity contribution >= 4 is 17.9 Å². The summed E-state index contributed by atoms with van der Waals surface area (Å²) in [6.07, 6.45) is -3.13. The number of halogens is 2. The summed E-state index contributed by atoms with van der Waals surface area (Å²) in [4.78, 5) is 36.7. The number of fused-ring (bicyclic) bond motifs is 1. The molecule has 0 radical (unpaired) electrons. The lowest BCUT2D eigenvalue weighted by molar-refractivity contribution is -0.157. The predicted molar refractivity (Wildman–Crippen MR) is 85.0 cm³/mol. The number of ether oxygens (including phenoxy) is 1. The van der Waals surface area contributed by atoms with Crippen molar-refractivity contribution in [3.05, 3.63) is 34.9 Å². The van der Waals surface area contributed by atoms with E-state index in [0.717, 1.165) is 0 Å².